The highest BCUT2D eigenvalue weighted by molar-refractivity contribution is 6.58. The van der Waals surface area contributed by atoms with Gasteiger partial charge in [-0.1, -0.05) is 36.4 Å². The van der Waals surface area contributed by atoms with E-state index in [1.54, 1.807) is 62.4 Å². The number of anilines is 1. The summed E-state index contributed by atoms with van der Waals surface area (Å²) >= 11 is 14.7. The molecule has 7 rings (SSSR count). The molecule has 2 amide bonds. The molecule has 1 aromatic heterocycles. The number of hydrogen-bond donors (Lipinski definition) is 1. The molecule has 224 valence electrons. The molecule has 9 nitrogen and oxygen atoms in total. The Kier molecular flexibility index (Phi) is 6.15. The Morgan fingerprint density at radius 2 is 1.50 bits per heavy atom. The largest absolute Gasteiger partial charge is 0.507 e. The topological polar surface area (TPSA) is 107 Å². The molecule has 44 heavy (non-hydrogen) atoms. The van der Waals surface area contributed by atoms with Crippen LogP contribution in [0.3, 0.4) is 0 Å². The number of benzene rings is 3. The molecule has 2 fully saturated rings. The van der Waals surface area contributed by atoms with Crippen LogP contribution in [0.5, 0.6) is 5.75 Å². The van der Waals surface area contributed by atoms with E-state index in [1.807, 2.05) is 0 Å². The van der Waals surface area contributed by atoms with Crippen LogP contribution in [0.25, 0.3) is 5.69 Å². The number of aromatic hydroxyl groups is 1. The maximum atomic E-state index is 14.4. The summed E-state index contributed by atoms with van der Waals surface area (Å²) in [6, 6.07) is 15.7. The van der Waals surface area contributed by atoms with Crippen LogP contribution >= 0.6 is 23.2 Å². The number of alkyl halides is 2. The van der Waals surface area contributed by atoms with Crippen molar-refractivity contribution in [3.05, 3.63) is 122 Å². The maximum Gasteiger partial charge on any atom is 0.352 e. The minimum Gasteiger partial charge on any atom is -0.507 e. The number of phenolic OH excluding ortho intramolecular Hbond substituents is 1. The summed E-state index contributed by atoms with van der Waals surface area (Å²) in [4.78, 5) is 52.9. The van der Waals surface area contributed by atoms with Gasteiger partial charge in [-0.2, -0.15) is 0 Å². The van der Waals surface area contributed by atoms with Gasteiger partial charge in [-0.15, -0.1) is 23.2 Å². The van der Waals surface area contributed by atoms with Gasteiger partial charge in [0.05, 0.1) is 24.0 Å². The van der Waals surface area contributed by atoms with Gasteiger partial charge in [-0.05, 0) is 72.5 Å². The summed E-state index contributed by atoms with van der Waals surface area (Å²) < 4.78 is 17.4. The number of amides is 2. The molecule has 2 aliphatic heterocycles. The first-order valence-electron chi connectivity index (χ1n) is 13.9. The number of para-hydroxylation sites is 1. The van der Waals surface area contributed by atoms with Crippen molar-refractivity contribution in [3.63, 3.8) is 0 Å². The summed E-state index contributed by atoms with van der Waals surface area (Å²) in [7, 11) is 0. The number of phenols is 1. The quantitative estimate of drug-likeness (QED) is 0.203. The fraction of sp³-hybridized carbons (Fsp3) is 0.250. The molecule has 12 heteroatoms. The zero-order valence-corrected chi connectivity index (χ0v) is 25.0. The number of rotatable bonds is 3. The standard InChI is InChI=1S/C32H25Cl2FN4O5/c1-17-14-19(15-18(2)26(17)40)25-23-12-13-36-29(43)38(21-6-4-3-5-7-21)30(44)39(36)24(23)16-31(33)27(41)37(28(42)32(25,31)34)22-10-8-20(35)9-11-22/h3-12,14-15,24-25,40H,13,16H2,1-2H3/t24-,25+,31-,32+/m1/s1. The molecule has 3 aliphatic rings. The van der Waals surface area contributed by atoms with E-state index in [2.05, 4.69) is 0 Å². The van der Waals surface area contributed by atoms with E-state index in [4.69, 9.17) is 23.2 Å². The molecule has 3 aromatic carbocycles. The maximum absolute atomic E-state index is 14.4. The number of imide groups is 1. The lowest BCUT2D eigenvalue weighted by Crippen LogP contribution is -2.59. The van der Waals surface area contributed by atoms with Crippen molar-refractivity contribution in [2.24, 2.45) is 0 Å². The number of aromatic nitrogens is 3. The van der Waals surface area contributed by atoms with Crippen LogP contribution in [-0.2, 0) is 16.1 Å². The van der Waals surface area contributed by atoms with Crippen LogP contribution in [0.1, 0.15) is 35.1 Å². The molecular formula is C32H25Cl2FN4O5. The summed E-state index contributed by atoms with van der Waals surface area (Å²) in [5, 5.41) is 10.6. The molecule has 1 saturated heterocycles. The Morgan fingerprint density at radius 3 is 2.14 bits per heavy atom. The van der Waals surface area contributed by atoms with Crippen molar-refractivity contribution in [1.29, 1.82) is 0 Å². The smallest absolute Gasteiger partial charge is 0.352 e. The lowest BCUT2D eigenvalue weighted by atomic mass is 9.64. The number of hydrogen-bond acceptors (Lipinski definition) is 5. The van der Waals surface area contributed by atoms with Gasteiger partial charge in [0.1, 0.15) is 11.6 Å². The number of fused-ring (bicyclic) bond motifs is 4. The SMILES string of the molecule is Cc1cc([C@H]2C3=CCn4c(=O)n(-c5ccccc5)c(=O)n4[C@@H]3C[C@@]3(Cl)C(=O)N(c4ccc(F)cc4)C(=O)[C@@]23Cl)cc(C)c1O. The van der Waals surface area contributed by atoms with E-state index in [-0.39, 0.29) is 24.4 Å². The fourth-order valence-corrected chi connectivity index (χ4v) is 7.90. The molecule has 1 saturated carbocycles. The number of halogens is 3. The van der Waals surface area contributed by atoms with E-state index in [0.29, 0.717) is 28.0 Å². The van der Waals surface area contributed by atoms with Gasteiger partial charge < -0.3 is 5.11 Å². The van der Waals surface area contributed by atoms with Crippen LogP contribution < -0.4 is 16.3 Å². The van der Waals surface area contributed by atoms with E-state index in [1.165, 1.54) is 21.5 Å². The Labute approximate surface area is 259 Å². The number of aryl methyl sites for hydroxylation is 2. The third kappa shape index (κ3) is 3.58. The lowest BCUT2D eigenvalue weighted by Gasteiger charge is -2.49. The third-order valence-electron chi connectivity index (χ3n) is 9.02. The molecule has 1 N–H and O–H groups in total. The molecule has 1 aliphatic carbocycles. The first kappa shape index (κ1) is 28.4. The van der Waals surface area contributed by atoms with Crippen molar-refractivity contribution in [3.8, 4) is 11.4 Å². The number of carbonyl (C=O) groups excluding carboxylic acids is 2. The second-order valence-corrected chi connectivity index (χ2v) is 12.7. The molecule has 0 spiro atoms. The highest BCUT2D eigenvalue weighted by Crippen LogP contribution is 2.64. The minimum absolute atomic E-state index is 0.00163. The Morgan fingerprint density at radius 1 is 0.864 bits per heavy atom. The number of carbonyl (C=O) groups is 2. The summed E-state index contributed by atoms with van der Waals surface area (Å²) in [5.74, 6) is -3.16. The molecule has 4 aromatic rings. The molecular weight excluding hydrogens is 610 g/mol. The van der Waals surface area contributed by atoms with E-state index >= 15 is 0 Å². The molecule has 0 bridgehead atoms. The second kappa shape index (κ2) is 9.54. The van der Waals surface area contributed by atoms with E-state index in [0.717, 1.165) is 21.6 Å². The van der Waals surface area contributed by atoms with Crippen molar-refractivity contribution in [2.45, 2.75) is 48.5 Å². The molecule has 0 radical (unpaired) electrons. The van der Waals surface area contributed by atoms with Gasteiger partial charge in [0.25, 0.3) is 11.8 Å². The van der Waals surface area contributed by atoms with Crippen molar-refractivity contribution < 1.29 is 19.1 Å². The Hall–Kier alpha value is -4.41. The van der Waals surface area contributed by atoms with Gasteiger partial charge >= 0.3 is 11.4 Å². The van der Waals surface area contributed by atoms with Crippen LogP contribution in [0.2, 0.25) is 0 Å². The van der Waals surface area contributed by atoms with Crippen LogP contribution in [0.4, 0.5) is 10.1 Å². The van der Waals surface area contributed by atoms with Crippen molar-refractivity contribution >= 4 is 40.7 Å². The highest BCUT2D eigenvalue weighted by Gasteiger charge is 2.75. The van der Waals surface area contributed by atoms with Gasteiger partial charge in [0.15, 0.2) is 9.75 Å². The minimum atomic E-state index is -2.08. The Bertz CT molecular complexity index is 2030. The number of allylic oxidation sites excluding steroid dienone is 2. The zero-order valence-electron chi connectivity index (χ0n) is 23.5. The average Bonchev–Trinajstić information content (AvgIpc) is 3.34. The average molecular weight is 635 g/mol. The van der Waals surface area contributed by atoms with E-state index < -0.39 is 50.7 Å². The first-order chi connectivity index (χ1) is 20.9. The van der Waals surface area contributed by atoms with Crippen molar-refractivity contribution in [2.75, 3.05) is 4.90 Å². The second-order valence-electron chi connectivity index (χ2n) is 11.5. The summed E-state index contributed by atoms with van der Waals surface area (Å²) in [6.07, 6.45) is 1.47. The molecule has 4 atom stereocenters. The zero-order chi connectivity index (χ0) is 31.3. The monoisotopic (exact) mass is 634 g/mol. The van der Waals surface area contributed by atoms with Gasteiger partial charge in [-0.25, -0.2) is 32.8 Å². The van der Waals surface area contributed by atoms with E-state index in [9.17, 15) is 28.7 Å². The number of nitrogens with zero attached hydrogens (tertiary/aromatic N) is 4. The van der Waals surface area contributed by atoms with Gasteiger partial charge in [0, 0.05) is 12.3 Å². The van der Waals surface area contributed by atoms with Crippen molar-refractivity contribution in [1.82, 2.24) is 13.9 Å². The summed E-state index contributed by atoms with van der Waals surface area (Å²) in [5.41, 5.74) is 1.32. The predicted octanol–water partition coefficient (Wildman–Crippen LogP) is 4.46. The Balaban J connectivity index is 1.49. The lowest BCUT2D eigenvalue weighted by molar-refractivity contribution is -0.122. The highest BCUT2D eigenvalue weighted by atomic mass is 35.5. The van der Waals surface area contributed by atoms with Gasteiger partial charge in [-0.3, -0.25) is 9.59 Å². The van der Waals surface area contributed by atoms with Crippen LogP contribution in [-0.4, -0.2) is 40.6 Å². The van der Waals surface area contributed by atoms with Crippen LogP contribution in [0.15, 0.2) is 88.0 Å². The third-order valence-corrected chi connectivity index (χ3v) is 10.4. The fourth-order valence-electron chi connectivity index (χ4n) is 6.99. The molecule has 3 heterocycles. The normalized spacial score (nSPS) is 25.8. The van der Waals surface area contributed by atoms with Crippen LogP contribution in [0, 0.1) is 19.7 Å². The first-order valence-corrected chi connectivity index (χ1v) is 14.7. The summed E-state index contributed by atoms with van der Waals surface area (Å²) in [6.45, 7) is 3.40. The van der Waals surface area contributed by atoms with Gasteiger partial charge in [0.2, 0.25) is 0 Å². The molecule has 0 unspecified atom stereocenters. The predicted molar refractivity (Wildman–Crippen MR) is 162 cm³/mol.